The van der Waals surface area contributed by atoms with Crippen LogP contribution in [0.15, 0.2) is 18.3 Å². The quantitative estimate of drug-likeness (QED) is 0.554. The minimum absolute atomic E-state index is 0.0780. The number of hydrogen-bond donors (Lipinski definition) is 0. The molecule has 1 aromatic rings. The maximum Gasteiger partial charge on any atom is 0.312 e. The minimum Gasteiger partial charge on any atom is -0.445 e. The lowest BCUT2D eigenvalue weighted by atomic mass is 9.97. The van der Waals surface area contributed by atoms with Crippen molar-refractivity contribution in [1.29, 1.82) is 0 Å². The van der Waals surface area contributed by atoms with E-state index in [1.165, 1.54) is 12.3 Å². The Morgan fingerprint density at radius 2 is 1.94 bits per heavy atom. The van der Waals surface area contributed by atoms with Gasteiger partial charge in [-0.05, 0) is 32.9 Å². The molecule has 0 amide bonds. The number of Topliss-reactive ketones (excluding diaryl/α,β-unsaturated/α-hetero) is 2. The second kappa shape index (κ2) is 4.01. The standard InChI is InChI=1S/C13H13NO4/c1-13(2,3)12(17)18-11-9(15)7-5-4-6-14-8(7)10(11)16/h4-6,11H,1-3H3. The number of pyridine rings is 1. The molecule has 0 bridgehead atoms. The molecule has 0 radical (unpaired) electrons. The summed E-state index contributed by atoms with van der Waals surface area (Å²) in [4.78, 5) is 39.4. The van der Waals surface area contributed by atoms with E-state index >= 15 is 0 Å². The molecule has 1 aliphatic rings. The lowest BCUT2D eigenvalue weighted by Gasteiger charge is -2.18. The third-order valence-electron chi connectivity index (χ3n) is 2.62. The summed E-state index contributed by atoms with van der Waals surface area (Å²) >= 11 is 0. The third-order valence-corrected chi connectivity index (χ3v) is 2.62. The van der Waals surface area contributed by atoms with Crippen molar-refractivity contribution >= 4 is 17.5 Å². The molecule has 1 heterocycles. The Morgan fingerprint density at radius 3 is 2.50 bits per heavy atom. The molecule has 1 unspecified atom stereocenters. The summed E-state index contributed by atoms with van der Waals surface area (Å²) in [6.07, 6.45) is 0.0550. The van der Waals surface area contributed by atoms with Crippen molar-refractivity contribution in [3.8, 4) is 0 Å². The van der Waals surface area contributed by atoms with E-state index in [9.17, 15) is 14.4 Å². The van der Waals surface area contributed by atoms with Crippen molar-refractivity contribution in [3.63, 3.8) is 0 Å². The topological polar surface area (TPSA) is 73.3 Å². The first-order valence-electron chi connectivity index (χ1n) is 5.57. The van der Waals surface area contributed by atoms with Crippen LogP contribution in [0.4, 0.5) is 0 Å². The molecule has 0 aromatic carbocycles. The second-order valence-electron chi connectivity index (χ2n) is 5.16. The van der Waals surface area contributed by atoms with Crippen molar-refractivity contribution < 1.29 is 19.1 Å². The van der Waals surface area contributed by atoms with E-state index in [1.807, 2.05) is 0 Å². The number of carbonyl (C=O) groups excluding carboxylic acids is 3. The van der Waals surface area contributed by atoms with Gasteiger partial charge in [-0.15, -0.1) is 0 Å². The lowest BCUT2D eigenvalue weighted by Crippen LogP contribution is -2.34. The van der Waals surface area contributed by atoms with Gasteiger partial charge < -0.3 is 4.74 Å². The summed E-state index contributed by atoms with van der Waals surface area (Å²) in [6.45, 7) is 4.97. The molecule has 5 heteroatoms. The second-order valence-corrected chi connectivity index (χ2v) is 5.16. The van der Waals surface area contributed by atoms with E-state index in [0.29, 0.717) is 0 Å². The Bertz CT molecular complexity index is 507. The van der Waals surface area contributed by atoms with Crippen LogP contribution in [0.25, 0.3) is 0 Å². The first-order chi connectivity index (χ1) is 8.32. The van der Waals surface area contributed by atoms with E-state index in [0.717, 1.165) is 0 Å². The molecule has 0 N–H and O–H groups in total. The highest BCUT2D eigenvalue weighted by Gasteiger charge is 2.43. The average Bonchev–Trinajstić information content (AvgIpc) is 2.54. The van der Waals surface area contributed by atoms with Gasteiger partial charge in [-0.1, -0.05) is 0 Å². The number of esters is 1. The van der Waals surface area contributed by atoms with Gasteiger partial charge in [0, 0.05) is 6.20 Å². The molecule has 2 rings (SSSR count). The number of aromatic nitrogens is 1. The molecule has 5 nitrogen and oxygen atoms in total. The van der Waals surface area contributed by atoms with Gasteiger partial charge in [0.1, 0.15) is 5.69 Å². The molecule has 18 heavy (non-hydrogen) atoms. The molecule has 0 spiro atoms. The Morgan fingerprint density at radius 1 is 1.28 bits per heavy atom. The van der Waals surface area contributed by atoms with E-state index in [2.05, 4.69) is 4.98 Å². The molecule has 1 atom stereocenters. The van der Waals surface area contributed by atoms with Gasteiger partial charge in [-0.3, -0.25) is 19.4 Å². The Kier molecular flexibility index (Phi) is 2.77. The lowest BCUT2D eigenvalue weighted by molar-refractivity contribution is -0.154. The first-order valence-corrected chi connectivity index (χ1v) is 5.57. The summed E-state index contributed by atoms with van der Waals surface area (Å²) in [5, 5.41) is 0. The zero-order valence-electron chi connectivity index (χ0n) is 10.4. The maximum atomic E-state index is 11.9. The van der Waals surface area contributed by atoms with Gasteiger partial charge in [-0.2, -0.15) is 0 Å². The molecule has 0 aliphatic heterocycles. The van der Waals surface area contributed by atoms with E-state index in [-0.39, 0.29) is 11.3 Å². The summed E-state index contributed by atoms with van der Waals surface area (Å²) in [6, 6.07) is 3.07. The first kappa shape index (κ1) is 12.4. The fourth-order valence-electron chi connectivity index (χ4n) is 1.58. The Hall–Kier alpha value is -2.04. The van der Waals surface area contributed by atoms with Crippen LogP contribution in [0.2, 0.25) is 0 Å². The fraction of sp³-hybridized carbons (Fsp3) is 0.385. The van der Waals surface area contributed by atoms with E-state index in [4.69, 9.17) is 4.74 Å². The fourth-order valence-corrected chi connectivity index (χ4v) is 1.58. The van der Waals surface area contributed by atoms with Crippen LogP contribution in [0.1, 0.15) is 41.6 Å². The molecular formula is C13H13NO4. The molecule has 1 aromatic heterocycles. The number of hydrogen-bond acceptors (Lipinski definition) is 5. The van der Waals surface area contributed by atoms with Gasteiger partial charge in [0.25, 0.3) is 0 Å². The number of ketones is 2. The summed E-state index contributed by atoms with van der Waals surface area (Å²) in [5.41, 5.74) is -0.466. The van der Waals surface area contributed by atoms with Crippen molar-refractivity contribution in [2.24, 2.45) is 5.41 Å². The molecule has 1 aliphatic carbocycles. The minimum atomic E-state index is -1.37. The predicted octanol–water partition coefficient (Wildman–Crippen LogP) is 1.42. The maximum absolute atomic E-state index is 11.9. The summed E-state index contributed by atoms with van der Waals surface area (Å²) in [7, 11) is 0. The SMILES string of the molecule is CC(C)(C)C(=O)OC1C(=O)c2cccnc2C1=O. The van der Waals surface area contributed by atoms with Crippen LogP contribution in [0.5, 0.6) is 0 Å². The van der Waals surface area contributed by atoms with Crippen molar-refractivity contribution in [2.75, 3.05) is 0 Å². The van der Waals surface area contributed by atoms with Gasteiger partial charge in [-0.25, -0.2) is 0 Å². The molecule has 0 saturated heterocycles. The summed E-state index contributed by atoms with van der Waals surface area (Å²) in [5.74, 6) is -1.63. The number of carbonyl (C=O) groups is 3. The smallest absolute Gasteiger partial charge is 0.312 e. The highest BCUT2D eigenvalue weighted by molar-refractivity contribution is 6.28. The van der Waals surface area contributed by atoms with Gasteiger partial charge in [0.15, 0.2) is 0 Å². The van der Waals surface area contributed by atoms with Crippen LogP contribution in [0.3, 0.4) is 0 Å². The van der Waals surface area contributed by atoms with Crippen LogP contribution < -0.4 is 0 Å². The average molecular weight is 247 g/mol. The predicted molar refractivity (Wildman–Crippen MR) is 62.2 cm³/mol. The molecule has 94 valence electrons. The number of fused-ring (bicyclic) bond motifs is 1. The molecule has 0 fully saturated rings. The number of rotatable bonds is 1. The zero-order valence-corrected chi connectivity index (χ0v) is 10.4. The van der Waals surface area contributed by atoms with Crippen LogP contribution in [0, 0.1) is 5.41 Å². The number of nitrogens with zero attached hydrogens (tertiary/aromatic N) is 1. The van der Waals surface area contributed by atoms with Gasteiger partial charge >= 0.3 is 5.97 Å². The van der Waals surface area contributed by atoms with Crippen molar-refractivity contribution in [3.05, 3.63) is 29.6 Å². The highest BCUT2D eigenvalue weighted by Crippen LogP contribution is 2.25. The Balaban J connectivity index is 2.27. The van der Waals surface area contributed by atoms with E-state index < -0.39 is 29.1 Å². The highest BCUT2D eigenvalue weighted by atomic mass is 16.6. The Labute approximate surface area is 104 Å². The van der Waals surface area contributed by atoms with Gasteiger partial charge in [0.2, 0.25) is 17.7 Å². The molecular weight excluding hydrogens is 234 g/mol. The zero-order chi connectivity index (χ0) is 13.5. The third kappa shape index (κ3) is 1.92. The van der Waals surface area contributed by atoms with Gasteiger partial charge in [0.05, 0.1) is 11.0 Å². The van der Waals surface area contributed by atoms with Crippen LogP contribution in [-0.4, -0.2) is 28.6 Å². The summed E-state index contributed by atoms with van der Waals surface area (Å²) < 4.78 is 5.00. The normalized spacial score (nSPS) is 18.7. The van der Waals surface area contributed by atoms with Crippen molar-refractivity contribution in [1.82, 2.24) is 4.98 Å². The van der Waals surface area contributed by atoms with Crippen LogP contribution >= 0.6 is 0 Å². The van der Waals surface area contributed by atoms with Crippen molar-refractivity contribution in [2.45, 2.75) is 26.9 Å². The van der Waals surface area contributed by atoms with E-state index in [1.54, 1.807) is 26.8 Å². The van der Waals surface area contributed by atoms with Crippen LogP contribution in [-0.2, 0) is 9.53 Å². The monoisotopic (exact) mass is 247 g/mol. The number of ether oxygens (including phenoxy) is 1. The largest absolute Gasteiger partial charge is 0.445 e. The molecule has 0 saturated carbocycles.